The van der Waals surface area contributed by atoms with Crippen molar-refractivity contribution in [1.82, 2.24) is 15.6 Å². The molecule has 0 spiro atoms. The summed E-state index contributed by atoms with van der Waals surface area (Å²) >= 11 is 0. The van der Waals surface area contributed by atoms with E-state index >= 15 is 0 Å². The Morgan fingerprint density at radius 3 is 2.74 bits per heavy atom. The molecule has 4 nitrogen and oxygen atoms in total. The lowest BCUT2D eigenvalue weighted by molar-refractivity contribution is 0.573. The predicted octanol–water partition coefficient (Wildman–Crippen LogP) is 3.03. The number of hydrogen-bond donors (Lipinski definition) is 3. The van der Waals surface area contributed by atoms with E-state index in [0.29, 0.717) is 29.9 Å². The number of aryl methyl sites for hydroxylation is 1. The molecule has 1 aromatic carbocycles. The van der Waals surface area contributed by atoms with Crippen LogP contribution in [0.25, 0.3) is 5.57 Å². The number of hydrogen-bond acceptors (Lipinski definition) is 4. The van der Waals surface area contributed by atoms with E-state index in [9.17, 15) is 4.39 Å². The van der Waals surface area contributed by atoms with Gasteiger partial charge < -0.3 is 16.0 Å². The predicted molar refractivity (Wildman–Crippen MR) is 91.7 cm³/mol. The third-order valence-corrected chi connectivity index (χ3v) is 3.58. The minimum Gasteiger partial charge on any atom is -0.393 e. The first-order valence-electron chi connectivity index (χ1n) is 7.43. The van der Waals surface area contributed by atoms with Crippen LogP contribution in [0.2, 0.25) is 0 Å². The van der Waals surface area contributed by atoms with Crippen LogP contribution in [-0.2, 0) is 13.1 Å². The van der Waals surface area contributed by atoms with Crippen LogP contribution < -0.4 is 10.6 Å². The zero-order valence-corrected chi connectivity index (χ0v) is 13.4. The van der Waals surface area contributed by atoms with Crippen molar-refractivity contribution in [1.29, 1.82) is 5.41 Å². The van der Waals surface area contributed by atoms with E-state index in [-0.39, 0.29) is 5.82 Å². The van der Waals surface area contributed by atoms with Crippen molar-refractivity contribution in [3.63, 3.8) is 0 Å². The molecule has 0 aliphatic heterocycles. The Hall–Kier alpha value is -2.53. The van der Waals surface area contributed by atoms with Crippen LogP contribution >= 0.6 is 0 Å². The van der Waals surface area contributed by atoms with Gasteiger partial charge in [-0.2, -0.15) is 0 Å². The van der Waals surface area contributed by atoms with Crippen molar-refractivity contribution in [3.05, 3.63) is 70.9 Å². The van der Waals surface area contributed by atoms with Gasteiger partial charge in [0.1, 0.15) is 5.82 Å². The lowest BCUT2D eigenvalue weighted by Crippen LogP contribution is -2.15. The number of halogens is 1. The fourth-order valence-corrected chi connectivity index (χ4v) is 2.24. The number of benzene rings is 1. The average Bonchev–Trinajstić information content (AvgIpc) is 2.56. The molecule has 2 aromatic rings. The second kappa shape index (κ2) is 8.19. The summed E-state index contributed by atoms with van der Waals surface area (Å²) in [6.07, 6.45) is 4.39. The molecule has 0 radical (unpaired) electrons. The Morgan fingerprint density at radius 2 is 2.09 bits per heavy atom. The van der Waals surface area contributed by atoms with Crippen LogP contribution in [0.3, 0.4) is 0 Å². The van der Waals surface area contributed by atoms with Gasteiger partial charge in [0.2, 0.25) is 0 Å². The van der Waals surface area contributed by atoms with Gasteiger partial charge in [-0.25, -0.2) is 4.39 Å². The van der Waals surface area contributed by atoms with Gasteiger partial charge >= 0.3 is 0 Å². The fourth-order valence-electron chi connectivity index (χ4n) is 2.24. The first-order chi connectivity index (χ1) is 11.2. The van der Waals surface area contributed by atoms with E-state index < -0.39 is 0 Å². The topological polar surface area (TPSA) is 60.8 Å². The van der Waals surface area contributed by atoms with Crippen LogP contribution in [-0.4, -0.2) is 18.2 Å². The largest absolute Gasteiger partial charge is 0.393 e. The number of nitrogens with one attached hydrogen (secondary N) is 3. The molecule has 0 saturated heterocycles. The summed E-state index contributed by atoms with van der Waals surface area (Å²) in [5.41, 5.74) is 3.92. The summed E-state index contributed by atoms with van der Waals surface area (Å²) in [6, 6.07) is 9.50. The van der Waals surface area contributed by atoms with Crippen LogP contribution in [0.5, 0.6) is 0 Å². The minimum atomic E-state index is -0.372. The molecule has 23 heavy (non-hydrogen) atoms. The second-order valence-electron chi connectivity index (χ2n) is 5.22. The van der Waals surface area contributed by atoms with Gasteiger partial charge in [0, 0.05) is 49.9 Å². The van der Waals surface area contributed by atoms with Gasteiger partial charge in [-0.3, -0.25) is 4.98 Å². The van der Waals surface area contributed by atoms with Crippen molar-refractivity contribution in [2.24, 2.45) is 0 Å². The Balaban J connectivity index is 2.03. The van der Waals surface area contributed by atoms with Crippen molar-refractivity contribution in [2.75, 3.05) is 7.05 Å². The number of allylic oxidation sites excluding steroid dienone is 1. The maximum Gasteiger partial charge on any atom is 0.146 e. The third kappa shape index (κ3) is 4.47. The number of nitrogens with zero attached hydrogens (tertiary/aromatic N) is 1. The van der Waals surface area contributed by atoms with Gasteiger partial charge in [-0.15, -0.1) is 0 Å². The van der Waals surface area contributed by atoms with Crippen molar-refractivity contribution in [3.8, 4) is 0 Å². The number of rotatable bonds is 7. The summed E-state index contributed by atoms with van der Waals surface area (Å²) in [4.78, 5) is 4.17. The Kier molecular flexibility index (Phi) is 6.00. The maximum absolute atomic E-state index is 14.2. The Bertz CT molecular complexity index is 710. The van der Waals surface area contributed by atoms with Crippen molar-refractivity contribution < 1.29 is 4.39 Å². The molecule has 3 N–H and O–H groups in total. The van der Waals surface area contributed by atoms with Crippen LogP contribution in [0.4, 0.5) is 4.39 Å². The molecule has 5 heteroatoms. The molecule has 0 aliphatic carbocycles. The normalized spacial score (nSPS) is 11.3. The highest BCUT2D eigenvalue weighted by Crippen LogP contribution is 2.14. The van der Waals surface area contributed by atoms with E-state index in [2.05, 4.69) is 28.6 Å². The SMILES string of the molecule is CN/C=C(\C=N)c1cnc(CNCc2ccccc2C)c(F)c1. The van der Waals surface area contributed by atoms with Crippen LogP contribution in [0, 0.1) is 18.2 Å². The van der Waals surface area contributed by atoms with E-state index in [1.165, 1.54) is 23.4 Å². The highest BCUT2D eigenvalue weighted by Gasteiger charge is 2.07. The van der Waals surface area contributed by atoms with Gasteiger partial charge in [-0.05, 0) is 24.1 Å². The molecular formula is C18H21FN4. The molecule has 2 rings (SSSR count). The number of aromatic nitrogens is 1. The first kappa shape index (κ1) is 16.8. The van der Waals surface area contributed by atoms with E-state index in [4.69, 9.17) is 5.41 Å². The van der Waals surface area contributed by atoms with Gasteiger partial charge in [0.25, 0.3) is 0 Å². The average molecular weight is 312 g/mol. The lowest BCUT2D eigenvalue weighted by Gasteiger charge is -2.09. The summed E-state index contributed by atoms with van der Waals surface area (Å²) < 4.78 is 14.2. The summed E-state index contributed by atoms with van der Waals surface area (Å²) in [5, 5.41) is 13.4. The molecule has 0 unspecified atom stereocenters. The van der Waals surface area contributed by atoms with Crippen molar-refractivity contribution >= 4 is 11.8 Å². The molecule has 0 bridgehead atoms. The highest BCUT2D eigenvalue weighted by molar-refractivity contribution is 6.07. The summed E-state index contributed by atoms with van der Waals surface area (Å²) in [6.45, 7) is 3.08. The van der Waals surface area contributed by atoms with Gasteiger partial charge in [0.05, 0.1) is 5.69 Å². The standard InChI is InChI=1S/C18H21FN4/c1-13-5-3-4-6-14(13)10-22-12-18-17(19)7-15(11-23-18)16(8-20)9-21-2/h3-9,11,20-22H,10,12H2,1-2H3/b16-9+,20-8?. The molecule has 0 atom stereocenters. The molecular weight excluding hydrogens is 291 g/mol. The highest BCUT2D eigenvalue weighted by atomic mass is 19.1. The first-order valence-corrected chi connectivity index (χ1v) is 7.43. The summed E-state index contributed by atoms with van der Waals surface area (Å²) in [7, 11) is 1.73. The second-order valence-corrected chi connectivity index (χ2v) is 5.22. The molecule has 120 valence electrons. The maximum atomic E-state index is 14.2. The molecule has 0 amide bonds. The zero-order chi connectivity index (χ0) is 16.7. The lowest BCUT2D eigenvalue weighted by atomic mass is 10.1. The molecule has 0 fully saturated rings. The van der Waals surface area contributed by atoms with E-state index in [1.54, 1.807) is 19.4 Å². The van der Waals surface area contributed by atoms with E-state index in [0.717, 1.165) is 0 Å². The minimum absolute atomic E-state index is 0.357. The zero-order valence-electron chi connectivity index (χ0n) is 13.4. The molecule has 1 aromatic heterocycles. The smallest absolute Gasteiger partial charge is 0.146 e. The van der Waals surface area contributed by atoms with Crippen molar-refractivity contribution in [2.45, 2.75) is 20.0 Å². The number of pyridine rings is 1. The monoisotopic (exact) mass is 312 g/mol. The van der Waals surface area contributed by atoms with Gasteiger partial charge in [-0.1, -0.05) is 24.3 Å². The Labute approximate surface area is 136 Å². The quantitative estimate of drug-likeness (QED) is 0.689. The molecule has 0 saturated carbocycles. The molecule has 1 heterocycles. The molecule has 0 aliphatic rings. The van der Waals surface area contributed by atoms with Crippen LogP contribution in [0.1, 0.15) is 22.4 Å². The van der Waals surface area contributed by atoms with Crippen LogP contribution in [0.15, 0.2) is 42.7 Å². The fraction of sp³-hybridized carbons (Fsp3) is 0.222. The Morgan fingerprint density at radius 1 is 1.30 bits per heavy atom. The van der Waals surface area contributed by atoms with Gasteiger partial charge in [0.15, 0.2) is 0 Å². The third-order valence-electron chi connectivity index (χ3n) is 3.58. The van der Waals surface area contributed by atoms with E-state index in [1.807, 2.05) is 18.2 Å². The summed E-state index contributed by atoms with van der Waals surface area (Å²) in [5.74, 6) is -0.372.